The van der Waals surface area contributed by atoms with Gasteiger partial charge in [-0.3, -0.25) is 8.98 Å². The van der Waals surface area contributed by atoms with Crippen molar-refractivity contribution in [3.8, 4) is 0 Å². The number of azo groups is 1. The Morgan fingerprint density at radius 2 is 1.65 bits per heavy atom. The summed E-state index contributed by atoms with van der Waals surface area (Å²) in [5.74, 6) is -2.77. The van der Waals surface area contributed by atoms with Gasteiger partial charge in [-0.1, -0.05) is 0 Å². The fourth-order valence-electron chi connectivity index (χ4n) is 2.35. The number of nitrogens with zero attached hydrogens (tertiary/aromatic N) is 2. The number of benzene rings is 2. The number of hydrogen-bond donors (Lipinski definition) is 2. The Bertz CT molecular complexity index is 1280. The molecule has 34 heavy (non-hydrogen) atoms. The van der Waals surface area contributed by atoms with Crippen LogP contribution in [0.3, 0.4) is 0 Å². The van der Waals surface area contributed by atoms with Crippen molar-refractivity contribution in [3.05, 3.63) is 42.0 Å². The van der Waals surface area contributed by atoms with E-state index in [4.69, 9.17) is 5.73 Å². The molecule has 0 aromatic heterocycles. The summed E-state index contributed by atoms with van der Waals surface area (Å²) in [7, 11) is -8.95. The van der Waals surface area contributed by atoms with Gasteiger partial charge in [0.25, 0.3) is 0 Å². The van der Waals surface area contributed by atoms with Crippen LogP contribution in [0.5, 0.6) is 0 Å². The number of carbonyl (C=O) groups excluding carboxylic acids is 2. The third-order valence-electron chi connectivity index (χ3n) is 3.75. The molecule has 1 amide bonds. The van der Waals surface area contributed by atoms with Crippen molar-refractivity contribution in [2.75, 3.05) is 23.4 Å². The Hall–Kier alpha value is -1.40. The molecule has 2 aromatic rings. The summed E-state index contributed by atoms with van der Waals surface area (Å²) in [6.07, 6.45) is 0. The first-order valence-electron chi connectivity index (χ1n) is 8.56. The molecule has 17 heteroatoms. The van der Waals surface area contributed by atoms with Gasteiger partial charge in [-0.15, -0.1) is 5.11 Å². The molecule has 0 spiro atoms. The predicted molar refractivity (Wildman–Crippen MR) is 108 cm³/mol. The van der Waals surface area contributed by atoms with Gasteiger partial charge in [-0.25, -0.2) is 16.8 Å². The second kappa shape index (κ2) is 13.6. The normalized spacial score (nSPS) is 11.4. The number of carbonyl (C=O) groups is 2. The van der Waals surface area contributed by atoms with Crippen LogP contribution in [0.2, 0.25) is 0 Å². The maximum absolute atomic E-state index is 12.1. The summed E-state index contributed by atoms with van der Waals surface area (Å²) in [5, 5.41) is 21.4. The molecule has 0 atom stereocenters. The number of hydrogen-bond acceptors (Lipinski definition) is 12. The molecule has 0 radical (unpaired) electrons. The zero-order chi connectivity index (χ0) is 24.1. The average molecular weight is 530 g/mol. The third-order valence-corrected chi connectivity index (χ3v) is 5.90. The molecule has 0 saturated heterocycles. The number of carboxylic acids is 1. The molecule has 0 aliphatic carbocycles. The largest absolute Gasteiger partial charge is 1.00 e. The number of anilines is 2. The number of nitrogens with two attached hydrogens (primary N) is 1. The summed E-state index contributed by atoms with van der Waals surface area (Å²) >= 11 is 0. The van der Waals surface area contributed by atoms with Crippen LogP contribution in [0.25, 0.3) is 0 Å². The van der Waals surface area contributed by atoms with Gasteiger partial charge in [0.1, 0.15) is 5.69 Å². The molecule has 0 unspecified atom stereocenters. The SMILES string of the molecule is CC(=O)Nc1cc(N)c(C(=O)[O-])cc1N=Nc1ccc(S(=O)(=O)CCOS(=O)(=O)[O-])cc1.[Na+].[Na+]. The van der Waals surface area contributed by atoms with Crippen molar-refractivity contribution in [1.29, 1.82) is 0 Å². The number of rotatable bonds is 9. The summed E-state index contributed by atoms with van der Waals surface area (Å²) < 4.78 is 59.3. The fourth-order valence-corrected chi connectivity index (χ4v) is 3.83. The van der Waals surface area contributed by atoms with Gasteiger partial charge in [0.15, 0.2) is 9.84 Å². The van der Waals surface area contributed by atoms with E-state index in [2.05, 4.69) is 19.7 Å². The number of nitrogen functional groups attached to an aromatic ring is 1. The summed E-state index contributed by atoms with van der Waals surface area (Å²) in [4.78, 5) is 22.4. The van der Waals surface area contributed by atoms with Crippen LogP contribution in [-0.2, 0) is 29.2 Å². The predicted octanol–water partition coefficient (Wildman–Crippen LogP) is -5.74. The third kappa shape index (κ3) is 10.1. The van der Waals surface area contributed by atoms with Crippen molar-refractivity contribution in [1.82, 2.24) is 0 Å². The zero-order valence-corrected chi connectivity index (χ0v) is 24.0. The van der Waals surface area contributed by atoms with Crippen molar-refractivity contribution < 1.29 is 99.4 Å². The average Bonchev–Trinajstić information content (AvgIpc) is 2.65. The smallest absolute Gasteiger partial charge is 0.726 e. The van der Waals surface area contributed by atoms with Gasteiger partial charge >= 0.3 is 59.1 Å². The van der Waals surface area contributed by atoms with E-state index in [1.807, 2.05) is 0 Å². The summed E-state index contributed by atoms with van der Waals surface area (Å²) in [6, 6.07) is 7.12. The minimum atomic E-state index is -5.01. The first-order valence-corrected chi connectivity index (χ1v) is 11.5. The molecule has 0 fully saturated rings. The number of carboxylic acid groups (broad SMARTS) is 1. The molecule has 13 nitrogen and oxygen atoms in total. The Morgan fingerprint density at radius 3 is 2.15 bits per heavy atom. The van der Waals surface area contributed by atoms with Gasteiger partial charge in [-0.2, -0.15) is 5.11 Å². The molecule has 2 aromatic carbocycles. The minimum Gasteiger partial charge on any atom is -0.726 e. The van der Waals surface area contributed by atoms with Gasteiger partial charge in [-0.05, 0) is 36.4 Å². The number of nitrogens with one attached hydrogen (secondary N) is 1. The number of aromatic carboxylic acids is 1. The second-order valence-electron chi connectivity index (χ2n) is 6.17. The van der Waals surface area contributed by atoms with E-state index in [0.29, 0.717) is 0 Å². The Kier molecular flexibility index (Phi) is 13.1. The van der Waals surface area contributed by atoms with Gasteiger partial charge in [0, 0.05) is 18.2 Å². The van der Waals surface area contributed by atoms with E-state index in [9.17, 15) is 36.1 Å². The van der Waals surface area contributed by atoms with Crippen molar-refractivity contribution in [2.24, 2.45) is 10.2 Å². The Balaban J connectivity index is 0.00000544. The fraction of sp³-hybridized carbons (Fsp3) is 0.176. The maximum Gasteiger partial charge on any atom is 1.00 e. The van der Waals surface area contributed by atoms with Crippen LogP contribution >= 0.6 is 0 Å². The van der Waals surface area contributed by atoms with Crippen molar-refractivity contribution >= 4 is 54.9 Å². The second-order valence-corrected chi connectivity index (χ2v) is 9.33. The standard InChI is InChI=1S/C17H18N4O9S2.2Na/c1-10(22)19-15-9-14(18)13(17(23)24)8-16(15)21-20-11-2-4-12(5-3-11)31(25,26)7-6-30-32(27,28)29;;/h2-5,8-9H,6-7,18H2,1H3,(H,19,22)(H,23,24)(H,27,28,29);;/q;2*+1/p-2. The van der Waals surface area contributed by atoms with Crippen LogP contribution in [-0.4, -0.2) is 45.6 Å². The molecule has 0 aliphatic rings. The molecule has 0 heterocycles. The maximum atomic E-state index is 12.1. The zero-order valence-electron chi connectivity index (χ0n) is 18.3. The summed E-state index contributed by atoms with van der Waals surface area (Å²) in [6.45, 7) is 0.389. The Morgan fingerprint density at radius 1 is 1.06 bits per heavy atom. The van der Waals surface area contributed by atoms with E-state index in [-0.39, 0.29) is 92.3 Å². The molecule has 3 N–H and O–H groups in total. The van der Waals surface area contributed by atoms with Crippen LogP contribution in [0.15, 0.2) is 51.5 Å². The molecular weight excluding hydrogens is 514 g/mol. The minimum absolute atomic E-state index is 0. The number of sulfone groups is 1. The molecular formula is C17H16N4Na2O9S2. The van der Waals surface area contributed by atoms with E-state index in [1.54, 1.807) is 0 Å². The molecule has 0 aliphatic heterocycles. The van der Waals surface area contributed by atoms with Gasteiger partial charge < -0.3 is 25.5 Å². The van der Waals surface area contributed by atoms with E-state index >= 15 is 0 Å². The molecule has 172 valence electrons. The van der Waals surface area contributed by atoms with Gasteiger partial charge in [0.2, 0.25) is 16.3 Å². The molecule has 0 bridgehead atoms. The first-order chi connectivity index (χ1) is 14.8. The monoisotopic (exact) mass is 530 g/mol. The quantitative estimate of drug-likeness (QED) is 0.103. The first kappa shape index (κ1) is 32.6. The van der Waals surface area contributed by atoms with Crippen molar-refractivity contribution in [2.45, 2.75) is 11.8 Å². The Labute approximate surface area is 239 Å². The van der Waals surface area contributed by atoms with E-state index in [1.165, 1.54) is 37.3 Å². The van der Waals surface area contributed by atoms with Crippen LogP contribution in [0.4, 0.5) is 22.7 Å². The van der Waals surface area contributed by atoms with E-state index < -0.39 is 44.5 Å². The van der Waals surface area contributed by atoms with Gasteiger partial charge in [0.05, 0.1) is 34.6 Å². The molecule has 0 saturated carbocycles. The van der Waals surface area contributed by atoms with Crippen LogP contribution in [0, 0.1) is 0 Å². The topological polar surface area (TPSA) is 221 Å². The summed E-state index contributed by atoms with van der Waals surface area (Å²) in [5.41, 5.74) is 5.33. The molecule has 2 rings (SSSR count). The van der Waals surface area contributed by atoms with E-state index in [0.717, 1.165) is 6.07 Å². The van der Waals surface area contributed by atoms with Crippen molar-refractivity contribution in [3.63, 3.8) is 0 Å². The van der Waals surface area contributed by atoms with Crippen LogP contribution < -0.4 is 75.3 Å². The van der Waals surface area contributed by atoms with Crippen LogP contribution in [0.1, 0.15) is 17.3 Å². The number of amides is 1.